The van der Waals surface area contributed by atoms with Crippen LogP contribution in [0.3, 0.4) is 0 Å². The van der Waals surface area contributed by atoms with Crippen LogP contribution in [0.15, 0.2) is 42.7 Å². The molecule has 8 heteroatoms. The van der Waals surface area contributed by atoms with E-state index in [1.165, 1.54) is 12.3 Å². The van der Waals surface area contributed by atoms with Crippen LogP contribution in [-0.2, 0) is 6.54 Å². The summed E-state index contributed by atoms with van der Waals surface area (Å²) in [5.74, 6) is 0.153. The molecule has 1 aromatic carbocycles. The fourth-order valence-electron chi connectivity index (χ4n) is 1.92. The van der Waals surface area contributed by atoms with Crippen molar-refractivity contribution in [1.29, 1.82) is 0 Å². The van der Waals surface area contributed by atoms with Gasteiger partial charge in [0.1, 0.15) is 0 Å². The second-order valence-electron chi connectivity index (χ2n) is 4.64. The number of carbonyl (C=O) groups excluding carboxylic acids is 1. The molecule has 2 N–H and O–H groups in total. The number of nitrogens with zero attached hydrogens (tertiary/aromatic N) is 1. The molecule has 0 atom stereocenters. The summed E-state index contributed by atoms with van der Waals surface area (Å²) in [7, 11) is 0. The molecule has 0 bridgehead atoms. The maximum Gasteiger partial charge on any atom is 0.387 e. The topological polar surface area (TPSA) is 72.5 Å². The SMILES string of the molecule is CCOc1cc(CNC(=O)Nc2cccnc2)ccc1OC(F)F. The van der Waals surface area contributed by atoms with Gasteiger partial charge < -0.3 is 20.1 Å². The van der Waals surface area contributed by atoms with Crippen molar-refractivity contribution in [2.75, 3.05) is 11.9 Å². The first kappa shape index (κ1) is 17.5. The molecule has 2 aromatic rings. The minimum atomic E-state index is -2.93. The van der Waals surface area contributed by atoms with E-state index in [9.17, 15) is 13.6 Å². The first-order valence-corrected chi connectivity index (χ1v) is 7.24. The summed E-state index contributed by atoms with van der Waals surface area (Å²) in [6.07, 6.45) is 3.12. The van der Waals surface area contributed by atoms with E-state index in [4.69, 9.17) is 4.74 Å². The number of benzene rings is 1. The monoisotopic (exact) mass is 337 g/mol. The van der Waals surface area contributed by atoms with Gasteiger partial charge in [-0.25, -0.2) is 4.79 Å². The minimum absolute atomic E-state index is 0.0459. The van der Waals surface area contributed by atoms with Crippen LogP contribution >= 0.6 is 0 Å². The van der Waals surface area contributed by atoms with Gasteiger partial charge in [-0.05, 0) is 36.8 Å². The molecule has 128 valence electrons. The second kappa shape index (κ2) is 8.66. The Kier molecular flexibility index (Phi) is 6.30. The molecule has 0 radical (unpaired) electrons. The maximum absolute atomic E-state index is 12.4. The van der Waals surface area contributed by atoms with Gasteiger partial charge in [0.25, 0.3) is 0 Å². The molecule has 0 saturated carbocycles. The number of pyridine rings is 1. The molecule has 6 nitrogen and oxygen atoms in total. The number of hydrogen-bond donors (Lipinski definition) is 2. The Bertz CT molecular complexity index is 669. The third-order valence-electron chi connectivity index (χ3n) is 2.90. The van der Waals surface area contributed by atoms with E-state index in [1.54, 1.807) is 37.4 Å². The Morgan fingerprint density at radius 2 is 2.12 bits per heavy atom. The fraction of sp³-hybridized carbons (Fsp3) is 0.250. The zero-order chi connectivity index (χ0) is 17.4. The molecule has 2 amide bonds. The van der Waals surface area contributed by atoms with Crippen LogP contribution in [0.1, 0.15) is 12.5 Å². The van der Waals surface area contributed by atoms with Crippen LogP contribution in [0.25, 0.3) is 0 Å². The van der Waals surface area contributed by atoms with E-state index in [1.807, 2.05) is 0 Å². The van der Waals surface area contributed by atoms with Gasteiger partial charge in [-0.15, -0.1) is 0 Å². The molecule has 1 aromatic heterocycles. The Morgan fingerprint density at radius 1 is 1.29 bits per heavy atom. The summed E-state index contributed by atoms with van der Waals surface area (Å²) in [6, 6.07) is 7.50. The standard InChI is InChI=1S/C16H17F2N3O3/c1-2-23-14-8-11(5-6-13(14)24-15(17)18)9-20-16(22)21-12-4-3-7-19-10-12/h3-8,10,15H,2,9H2,1H3,(H2,20,21,22). The van der Waals surface area contributed by atoms with Gasteiger partial charge in [0.05, 0.1) is 18.5 Å². The lowest BCUT2D eigenvalue weighted by Gasteiger charge is -2.13. The first-order chi connectivity index (χ1) is 11.6. The zero-order valence-corrected chi connectivity index (χ0v) is 13.0. The van der Waals surface area contributed by atoms with Gasteiger partial charge >= 0.3 is 12.6 Å². The average Bonchev–Trinajstić information content (AvgIpc) is 2.56. The largest absolute Gasteiger partial charge is 0.490 e. The van der Waals surface area contributed by atoms with E-state index < -0.39 is 12.6 Å². The smallest absolute Gasteiger partial charge is 0.387 e. The average molecular weight is 337 g/mol. The van der Waals surface area contributed by atoms with E-state index >= 15 is 0 Å². The van der Waals surface area contributed by atoms with Gasteiger partial charge in [0.2, 0.25) is 0 Å². The molecule has 0 aliphatic rings. The van der Waals surface area contributed by atoms with E-state index in [0.717, 1.165) is 0 Å². The van der Waals surface area contributed by atoms with E-state index in [-0.39, 0.29) is 18.0 Å². The van der Waals surface area contributed by atoms with Crippen LogP contribution < -0.4 is 20.1 Å². The van der Waals surface area contributed by atoms with Crippen LogP contribution in [0.5, 0.6) is 11.5 Å². The number of hydrogen-bond acceptors (Lipinski definition) is 4. The third kappa shape index (κ3) is 5.38. The lowest BCUT2D eigenvalue weighted by Crippen LogP contribution is -2.28. The predicted octanol–water partition coefficient (Wildman–Crippen LogP) is 3.40. The fourth-order valence-corrected chi connectivity index (χ4v) is 1.92. The number of rotatable bonds is 7. The lowest BCUT2D eigenvalue weighted by molar-refractivity contribution is -0.0514. The normalized spacial score (nSPS) is 10.3. The number of nitrogens with one attached hydrogen (secondary N) is 2. The number of alkyl halides is 2. The Balaban J connectivity index is 1.96. The van der Waals surface area contributed by atoms with Gasteiger partial charge in [-0.3, -0.25) is 4.98 Å². The van der Waals surface area contributed by atoms with Crippen LogP contribution in [0.2, 0.25) is 0 Å². The highest BCUT2D eigenvalue weighted by molar-refractivity contribution is 5.88. The number of halogens is 2. The number of anilines is 1. The first-order valence-electron chi connectivity index (χ1n) is 7.24. The summed E-state index contributed by atoms with van der Waals surface area (Å²) in [5, 5.41) is 5.28. The number of urea groups is 1. The summed E-state index contributed by atoms with van der Waals surface area (Å²) in [4.78, 5) is 15.7. The quantitative estimate of drug-likeness (QED) is 0.812. The van der Waals surface area contributed by atoms with Crippen LogP contribution in [0.4, 0.5) is 19.3 Å². The summed E-state index contributed by atoms with van der Waals surface area (Å²) in [6.45, 7) is -0.698. The van der Waals surface area contributed by atoms with Crippen molar-refractivity contribution in [3.05, 3.63) is 48.3 Å². The van der Waals surface area contributed by atoms with Gasteiger partial charge in [-0.2, -0.15) is 8.78 Å². The Labute approximate surface area is 137 Å². The molecule has 0 unspecified atom stereocenters. The van der Waals surface area contributed by atoms with E-state index in [2.05, 4.69) is 20.4 Å². The molecule has 0 spiro atoms. The van der Waals surface area contributed by atoms with Crippen molar-refractivity contribution < 1.29 is 23.0 Å². The number of carbonyl (C=O) groups is 1. The van der Waals surface area contributed by atoms with Crippen LogP contribution in [-0.4, -0.2) is 24.2 Å². The molecule has 0 aliphatic carbocycles. The van der Waals surface area contributed by atoms with Gasteiger partial charge in [0, 0.05) is 12.7 Å². The molecule has 2 rings (SSSR count). The highest BCUT2D eigenvalue weighted by atomic mass is 19.3. The van der Waals surface area contributed by atoms with Crippen molar-refractivity contribution in [2.24, 2.45) is 0 Å². The molecule has 24 heavy (non-hydrogen) atoms. The van der Waals surface area contributed by atoms with E-state index in [0.29, 0.717) is 17.9 Å². The molecule has 0 saturated heterocycles. The second-order valence-corrected chi connectivity index (χ2v) is 4.64. The summed E-state index contributed by atoms with van der Waals surface area (Å²) < 4.78 is 34.4. The Morgan fingerprint density at radius 3 is 2.79 bits per heavy atom. The highest BCUT2D eigenvalue weighted by Crippen LogP contribution is 2.29. The number of amides is 2. The minimum Gasteiger partial charge on any atom is -0.490 e. The molecule has 1 heterocycles. The molecule has 0 fully saturated rings. The van der Waals surface area contributed by atoms with Crippen LogP contribution in [0, 0.1) is 0 Å². The van der Waals surface area contributed by atoms with Crippen molar-refractivity contribution >= 4 is 11.7 Å². The summed E-state index contributed by atoms with van der Waals surface area (Å²) >= 11 is 0. The third-order valence-corrected chi connectivity index (χ3v) is 2.90. The Hall–Kier alpha value is -2.90. The molecular weight excluding hydrogens is 320 g/mol. The zero-order valence-electron chi connectivity index (χ0n) is 13.0. The maximum atomic E-state index is 12.4. The highest BCUT2D eigenvalue weighted by Gasteiger charge is 2.12. The van der Waals surface area contributed by atoms with Gasteiger partial charge in [0.15, 0.2) is 11.5 Å². The lowest BCUT2D eigenvalue weighted by atomic mass is 10.2. The number of aromatic nitrogens is 1. The van der Waals surface area contributed by atoms with Crippen molar-refractivity contribution in [3.63, 3.8) is 0 Å². The number of ether oxygens (including phenoxy) is 2. The summed E-state index contributed by atoms with van der Waals surface area (Å²) in [5.41, 5.74) is 1.24. The van der Waals surface area contributed by atoms with Crippen molar-refractivity contribution in [2.45, 2.75) is 20.1 Å². The molecule has 0 aliphatic heterocycles. The van der Waals surface area contributed by atoms with Crippen molar-refractivity contribution in [3.8, 4) is 11.5 Å². The predicted molar refractivity (Wildman–Crippen MR) is 84.3 cm³/mol. The van der Waals surface area contributed by atoms with Gasteiger partial charge in [-0.1, -0.05) is 6.07 Å². The molecular formula is C16H17F2N3O3. The van der Waals surface area contributed by atoms with Crippen molar-refractivity contribution in [1.82, 2.24) is 10.3 Å².